The first-order valence-electron chi connectivity index (χ1n) is 13.5. The molecule has 0 N–H and O–H groups in total. The van der Waals surface area contributed by atoms with E-state index in [4.69, 9.17) is 49.0 Å². The summed E-state index contributed by atoms with van der Waals surface area (Å²) in [6, 6.07) is 17.0. The van der Waals surface area contributed by atoms with Gasteiger partial charge in [0.1, 0.15) is 6.61 Å². The number of rotatable bonds is 9. The van der Waals surface area contributed by atoms with Crippen molar-refractivity contribution in [2.24, 2.45) is 4.99 Å². The number of carbonyl (C=O) groups is 1. The molecule has 1 aromatic heterocycles. The number of benzene rings is 3. The van der Waals surface area contributed by atoms with E-state index in [9.17, 15) is 9.59 Å². The van der Waals surface area contributed by atoms with Gasteiger partial charge in [-0.3, -0.25) is 9.36 Å². The first-order chi connectivity index (χ1) is 20.7. The molecule has 43 heavy (non-hydrogen) atoms. The fraction of sp³-hybridized carbons (Fsp3) is 0.219. The summed E-state index contributed by atoms with van der Waals surface area (Å²) >= 11 is 19.7. The van der Waals surface area contributed by atoms with E-state index in [-0.39, 0.29) is 18.8 Å². The molecule has 0 radical (unpaired) electrons. The Labute approximate surface area is 267 Å². The average molecular weight is 658 g/mol. The third-order valence-corrected chi connectivity index (χ3v) is 8.49. The average Bonchev–Trinajstić information content (AvgIpc) is 3.27. The van der Waals surface area contributed by atoms with Crippen molar-refractivity contribution in [2.75, 3.05) is 13.2 Å². The molecule has 4 aromatic rings. The lowest BCUT2D eigenvalue weighted by atomic mass is 9.96. The fourth-order valence-electron chi connectivity index (χ4n) is 4.70. The van der Waals surface area contributed by atoms with Gasteiger partial charge in [-0.25, -0.2) is 9.79 Å². The second-order valence-electron chi connectivity index (χ2n) is 9.52. The Morgan fingerprint density at radius 1 is 0.953 bits per heavy atom. The number of fused-ring (bicyclic) bond motifs is 1. The molecule has 222 valence electrons. The highest BCUT2D eigenvalue weighted by atomic mass is 35.5. The number of esters is 1. The lowest BCUT2D eigenvalue weighted by Crippen LogP contribution is -2.39. The molecule has 0 fully saturated rings. The lowest BCUT2D eigenvalue weighted by Gasteiger charge is -2.24. The van der Waals surface area contributed by atoms with Crippen molar-refractivity contribution in [1.29, 1.82) is 0 Å². The number of hydrogen-bond donors (Lipinski definition) is 0. The van der Waals surface area contributed by atoms with E-state index in [0.717, 1.165) is 16.7 Å². The molecular weight excluding hydrogens is 631 g/mol. The number of halogens is 3. The molecule has 11 heteroatoms. The van der Waals surface area contributed by atoms with E-state index in [1.807, 2.05) is 25.1 Å². The van der Waals surface area contributed by atoms with Crippen LogP contribution in [0.1, 0.15) is 43.5 Å². The SMILES string of the molecule is CCOC(=O)C1=C(C)N=c2s/c(=C\c3ccc(OCc4ccc(Cl)cc4Cl)c(OCC)c3)c(=O)n2[C@@H]1c1ccc(Cl)cc1. The molecule has 0 saturated heterocycles. The minimum absolute atomic E-state index is 0.196. The highest BCUT2D eigenvalue weighted by Gasteiger charge is 2.33. The van der Waals surface area contributed by atoms with Crippen molar-refractivity contribution in [1.82, 2.24) is 4.57 Å². The monoisotopic (exact) mass is 656 g/mol. The van der Waals surface area contributed by atoms with E-state index < -0.39 is 12.0 Å². The van der Waals surface area contributed by atoms with E-state index in [1.165, 1.54) is 15.9 Å². The van der Waals surface area contributed by atoms with E-state index in [1.54, 1.807) is 62.4 Å². The largest absolute Gasteiger partial charge is 0.490 e. The first kappa shape index (κ1) is 30.9. The minimum Gasteiger partial charge on any atom is -0.490 e. The number of allylic oxidation sites excluding steroid dienone is 1. The van der Waals surface area contributed by atoms with Gasteiger partial charge < -0.3 is 14.2 Å². The minimum atomic E-state index is -0.718. The van der Waals surface area contributed by atoms with Crippen LogP contribution in [0, 0.1) is 0 Å². The molecule has 1 atom stereocenters. The quantitative estimate of drug-likeness (QED) is 0.187. The number of hydrogen-bond acceptors (Lipinski definition) is 7. The summed E-state index contributed by atoms with van der Waals surface area (Å²) < 4.78 is 19.2. The van der Waals surface area contributed by atoms with Crippen LogP contribution < -0.4 is 24.4 Å². The molecule has 1 aliphatic heterocycles. The number of carbonyl (C=O) groups excluding carboxylic acids is 1. The zero-order chi connectivity index (χ0) is 30.7. The number of ether oxygens (including phenoxy) is 3. The van der Waals surface area contributed by atoms with Crippen LogP contribution in [0.5, 0.6) is 11.5 Å². The summed E-state index contributed by atoms with van der Waals surface area (Å²) in [7, 11) is 0. The van der Waals surface area contributed by atoms with Crippen LogP contribution in [-0.2, 0) is 16.1 Å². The van der Waals surface area contributed by atoms with Gasteiger partial charge in [-0.2, -0.15) is 0 Å². The zero-order valence-electron chi connectivity index (χ0n) is 23.5. The van der Waals surface area contributed by atoms with Crippen molar-refractivity contribution in [3.63, 3.8) is 0 Å². The van der Waals surface area contributed by atoms with Crippen molar-refractivity contribution in [2.45, 2.75) is 33.4 Å². The highest BCUT2D eigenvalue weighted by Crippen LogP contribution is 2.32. The molecule has 0 unspecified atom stereocenters. The third kappa shape index (κ3) is 6.68. The molecule has 0 bridgehead atoms. The highest BCUT2D eigenvalue weighted by molar-refractivity contribution is 7.07. The van der Waals surface area contributed by atoms with Gasteiger partial charge in [0.2, 0.25) is 0 Å². The zero-order valence-corrected chi connectivity index (χ0v) is 26.6. The topological polar surface area (TPSA) is 79.1 Å². The van der Waals surface area contributed by atoms with Gasteiger partial charge in [-0.05, 0) is 74.4 Å². The Morgan fingerprint density at radius 2 is 1.70 bits per heavy atom. The van der Waals surface area contributed by atoms with Crippen molar-refractivity contribution in [3.8, 4) is 11.5 Å². The Morgan fingerprint density at radius 3 is 2.40 bits per heavy atom. The van der Waals surface area contributed by atoms with Gasteiger partial charge in [0, 0.05) is 20.6 Å². The summed E-state index contributed by atoms with van der Waals surface area (Å²) in [6.45, 7) is 6.20. The number of thiazole rings is 1. The smallest absolute Gasteiger partial charge is 0.338 e. The molecule has 0 aliphatic carbocycles. The molecule has 2 heterocycles. The van der Waals surface area contributed by atoms with Crippen molar-refractivity contribution >= 4 is 58.2 Å². The molecule has 3 aromatic carbocycles. The van der Waals surface area contributed by atoms with Crippen LogP contribution in [0.4, 0.5) is 0 Å². The Kier molecular flexibility index (Phi) is 9.62. The third-order valence-electron chi connectivity index (χ3n) is 6.67. The predicted molar refractivity (Wildman–Crippen MR) is 170 cm³/mol. The molecular formula is C32H27Cl3N2O5S. The van der Waals surface area contributed by atoms with Crippen LogP contribution in [0.3, 0.4) is 0 Å². The standard InChI is InChI=1S/C32H27Cl3N2O5S/c1-4-40-26-14-19(6-13-25(26)42-17-21-9-12-23(34)16-24(21)35)15-27-30(38)37-29(20-7-10-22(33)11-8-20)28(31(39)41-5-2)18(3)36-32(37)43-27/h6-16,29H,4-5,17H2,1-3H3/b27-15-/t29-/m1/s1. The Bertz CT molecular complexity index is 1900. The maximum atomic E-state index is 13.9. The molecule has 7 nitrogen and oxygen atoms in total. The van der Waals surface area contributed by atoms with Crippen LogP contribution in [0.25, 0.3) is 6.08 Å². The second-order valence-corrected chi connectivity index (χ2v) is 11.8. The summed E-state index contributed by atoms with van der Waals surface area (Å²) in [6.07, 6.45) is 1.77. The van der Waals surface area contributed by atoms with Gasteiger partial charge >= 0.3 is 5.97 Å². The van der Waals surface area contributed by atoms with Gasteiger partial charge in [0.25, 0.3) is 5.56 Å². The van der Waals surface area contributed by atoms with Gasteiger partial charge in [0.05, 0.1) is 35.1 Å². The molecule has 0 saturated carbocycles. The lowest BCUT2D eigenvalue weighted by molar-refractivity contribution is -0.139. The Balaban J connectivity index is 1.54. The molecule has 1 aliphatic rings. The number of aromatic nitrogens is 1. The molecule has 0 amide bonds. The van der Waals surface area contributed by atoms with Crippen LogP contribution in [-0.4, -0.2) is 23.8 Å². The van der Waals surface area contributed by atoms with Gasteiger partial charge in [0.15, 0.2) is 16.3 Å². The van der Waals surface area contributed by atoms with Crippen molar-refractivity contribution < 1.29 is 19.0 Å². The van der Waals surface area contributed by atoms with E-state index in [2.05, 4.69) is 4.99 Å². The van der Waals surface area contributed by atoms with E-state index in [0.29, 0.717) is 53.8 Å². The molecule has 5 rings (SSSR count). The summed E-state index contributed by atoms with van der Waals surface area (Å²) in [4.78, 5) is 32.1. The van der Waals surface area contributed by atoms with Gasteiger partial charge in [-0.15, -0.1) is 0 Å². The van der Waals surface area contributed by atoms with Crippen molar-refractivity contribution in [3.05, 3.63) is 123 Å². The number of nitrogens with zero attached hydrogens (tertiary/aromatic N) is 2. The van der Waals surface area contributed by atoms with Crippen LogP contribution >= 0.6 is 46.1 Å². The normalized spacial score (nSPS) is 14.7. The maximum absolute atomic E-state index is 13.9. The predicted octanol–water partition coefficient (Wildman–Crippen LogP) is 6.74. The summed E-state index contributed by atoms with van der Waals surface area (Å²) in [5.41, 5.74) is 2.75. The van der Waals surface area contributed by atoms with Gasteiger partial charge in [-0.1, -0.05) is 70.4 Å². The first-order valence-corrected chi connectivity index (χ1v) is 15.4. The summed E-state index contributed by atoms with van der Waals surface area (Å²) in [5, 5.41) is 1.60. The van der Waals surface area contributed by atoms with Crippen LogP contribution in [0.15, 0.2) is 81.7 Å². The van der Waals surface area contributed by atoms with E-state index >= 15 is 0 Å². The maximum Gasteiger partial charge on any atom is 0.338 e. The van der Waals surface area contributed by atoms with Crippen LogP contribution in [0.2, 0.25) is 15.1 Å². The Hall–Kier alpha value is -3.56. The molecule has 0 spiro atoms. The second kappa shape index (κ2) is 13.4. The summed E-state index contributed by atoms with van der Waals surface area (Å²) in [5.74, 6) is 0.535. The fourth-order valence-corrected chi connectivity index (χ4v) is 6.34.